The summed E-state index contributed by atoms with van der Waals surface area (Å²) in [6.07, 6.45) is 3.32. The average Bonchev–Trinajstić information content (AvgIpc) is 2.24. The van der Waals surface area contributed by atoms with E-state index in [-0.39, 0.29) is 13.2 Å². The predicted molar refractivity (Wildman–Crippen MR) is 55.7 cm³/mol. The largest absolute Gasteiger partial charge is 0.482 e. The summed E-state index contributed by atoms with van der Waals surface area (Å²) in [6, 6.07) is 6.97. The Morgan fingerprint density at radius 2 is 2.27 bits per heavy atom. The standard InChI is InChI=1S/C11H12O4/c12-6-2-4-9-3-1-5-10(7-9)15-8-11(13)14/h1-5,7,12H,6,8H2,(H,13,14)/b4-2+. The van der Waals surface area contributed by atoms with Gasteiger partial charge in [-0.2, -0.15) is 0 Å². The van der Waals surface area contributed by atoms with E-state index in [0.717, 1.165) is 5.56 Å². The van der Waals surface area contributed by atoms with Crippen molar-refractivity contribution in [1.29, 1.82) is 0 Å². The number of aliphatic carboxylic acids is 1. The Morgan fingerprint density at radius 3 is 2.93 bits per heavy atom. The van der Waals surface area contributed by atoms with Crippen LogP contribution in [0.2, 0.25) is 0 Å². The van der Waals surface area contributed by atoms with Crippen molar-refractivity contribution in [3.05, 3.63) is 35.9 Å². The maximum atomic E-state index is 10.3. The highest BCUT2D eigenvalue weighted by molar-refractivity contribution is 5.68. The van der Waals surface area contributed by atoms with E-state index in [2.05, 4.69) is 0 Å². The van der Waals surface area contributed by atoms with Crippen LogP contribution in [-0.2, 0) is 4.79 Å². The fraction of sp³-hybridized carbons (Fsp3) is 0.182. The van der Waals surface area contributed by atoms with Crippen LogP contribution in [0.3, 0.4) is 0 Å². The number of carboxylic acid groups (broad SMARTS) is 1. The first kappa shape index (κ1) is 11.3. The lowest BCUT2D eigenvalue weighted by atomic mass is 10.2. The number of hydrogen-bond acceptors (Lipinski definition) is 3. The van der Waals surface area contributed by atoms with Gasteiger partial charge in [0.1, 0.15) is 5.75 Å². The summed E-state index contributed by atoms with van der Waals surface area (Å²) in [5, 5.41) is 17.0. The minimum Gasteiger partial charge on any atom is -0.482 e. The van der Waals surface area contributed by atoms with Crippen LogP contribution in [0.15, 0.2) is 30.3 Å². The molecule has 4 nitrogen and oxygen atoms in total. The van der Waals surface area contributed by atoms with E-state index in [4.69, 9.17) is 14.9 Å². The van der Waals surface area contributed by atoms with Gasteiger partial charge >= 0.3 is 5.97 Å². The molecule has 2 N–H and O–H groups in total. The summed E-state index contributed by atoms with van der Waals surface area (Å²) in [5.74, 6) is -0.510. The van der Waals surface area contributed by atoms with Crippen molar-refractivity contribution in [2.24, 2.45) is 0 Å². The topological polar surface area (TPSA) is 66.8 Å². The SMILES string of the molecule is O=C(O)COc1cccc(/C=C/CO)c1. The molecule has 0 radical (unpaired) electrons. The summed E-state index contributed by atoms with van der Waals surface area (Å²) in [6.45, 7) is -0.382. The molecule has 1 aromatic carbocycles. The van der Waals surface area contributed by atoms with E-state index < -0.39 is 5.97 Å². The molecular weight excluding hydrogens is 196 g/mol. The molecule has 0 spiro atoms. The lowest BCUT2D eigenvalue weighted by Crippen LogP contribution is -2.09. The smallest absolute Gasteiger partial charge is 0.341 e. The number of ether oxygens (including phenoxy) is 1. The Morgan fingerprint density at radius 1 is 1.47 bits per heavy atom. The third-order valence-corrected chi connectivity index (χ3v) is 1.64. The van der Waals surface area contributed by atoms with Crippen molar-refractivity contribution < 1.29 is 19.7 Å². The predicted octanol–water partition coefficient (Wildman–Crippen LogP) is 1.16. The van der Waals surface area contributed by atoms with Crippen molar-refractivity contribution in [1.82, 2.24) is 0 Å². The molecule has 0 aliphatic rings. The van der Waals surface area contributed by atoms with Crippen LogP contribution in [0.5, 0.6) is 5.75 Å². The molecule has 1 aromatic rings. The van der Waals surface area contributed by atoms with Crippen LogP contribution in [0.1, 0.15) is 5.56 Å². The lowest BCUT2D eigenvalue weighted by Gasteiger charge is -2.03. The molecule has 0 unspecified atom stereocenters. The molecule has 0 amide bonds. The Balaban J connectivity index is 2.65. The quantitative estimate of drug-likeness (QED) is 0.761. The summed E-state index contributed by atoms with van der Waals surface area (Å²) >= 11 is 0. The highest BCUT2D eigenvalue weighted by Crippen LogP contribution is 2.14. The molecule has 80 valence electrons. The van der Waals surface area contributed by atoms with Crippen LogP contribution in [0.25, 0.3) is 6.08 Å². The zero-order chi connectivity index (χ0) is 11.1. The molecule has 0 atom stereocenters. The highest BCUT2D eigenvalue weighted by atomic mass is 16.5. The van der Waals surface area contributed by atoms with E-state index in [1.54, 1.807) is 30.4 Å². The summed E-state index contributed by atoms with van der Waals surface area (Å²) in [4.78, 5) is 10.3. The number of aliphatic hydroxyl groups is 1. The number of carbonyl (C=O) groups is 1. The maximum absolute atomic E-state index is 10.3. The van der Waals surface area contributed by atoms with E-state index >= 15 is 0 Å². The van der Waals surface area contributed by atoms with Gasteiger partial charge in [-0.25, -0.2) is 4.79 Å². The van der Waals surface area contributed by atoms with Crippen LogP contribution in [0, 0.1) is 0 Å². The second-order valence-electron chi connectivity index (χ2n) is 2.84. The molecule has 0 heterocycles. The molecule has 15 heavy (non-hydrogen) atoms. The number of benzene rings is 1. The minimum absolute atomic E-state index is 0.0276. The normalized spacial score (nSPS) is 10.5. The van der Waals surface area contributed by atoms with Gasteiger partial charge in [0, 0.05) is 0 Å². The second-order valence-corrected chi connectivity index (χ2v) is 2.84. The van der Waals surface area contributed by atoms with Gasteiger partial charge in [0.05, 0.1) is 6.61 Å². The third kappa shape index (κ3) is 4.28. The Kier molecular flexibility index (Phi) is 4.37. The Labute approximate surface area is 87.4 Å². The molecule has 0 aliphatic heterocycles. The number of aliphatic hydroxyl groups excluding tert-OH is 1. The molecular formula is C11H12O4. The molecule has 0 aromatic heterocycles. The molecule has 0 bridgehead atoms. The number of rotatable bonds is 5. The fourth-order valence-corrected chi connectivity index (χ4v) is 1.04. The first-order valence-electron chi connectivity index (χ1n) is 4.44. The monoisotopic (exact) mass is 208 g/mol. The first-order valence-corrected chi connectivity index (χ1v) is 4.44. The highest BCUT2D eigenvalue weighted by Gasteiger charge is 1.98. The summed E-state index contributed by atoms with van der Waals surface area (Å²) in [5.41, 5.74) is 0.854. The molecule has 0 fully saturated rings. The van der Waals surface area contributed by atoms with Crippen molar-refractivity contribution in [3.8, 4) is 5.75 Å². The van der Waals surface area contributed by atoms with E-state index in [1.165, 1.54) is 0 Å². The third-order valence-electron chi connectivity index (χ3n) is 1.64. The van der Waals surface area contributed by atoms with Crippen LogP contribution in [0.4, 0.5) is 0 Å². The maximum Gasteiger partial charge on any atom is 0.341 e. The second kappa shape index (κ2) is 5.82. The number of carboxylic acids is 1. The van der Waals surface area contributed by atoms with E-state index in [0.29, 0.717) is 5.75 Å². The summed E-state index contributed by atoms with van der Waals surface area (Å²) in [7, 11) is 0. The summed E-state index contributed by atoms with van der Waals surface area (Å²) < 4.78 is 4.99. The van der Waals surface area contributed by atoms with Crippen LogP contribution >= 0.6 is 0 Å². The number of hydrogen-bond donors (Lipinski definition) is 2. The zero-order valence-electron chi connectivity index (χ0n) is 8.09. The van der Waals surface area contributed by atoms with Gasteiger partial charge < -0.3 is 14.9 Å². The molecule has 0 saturated heterocycles. The van der Waals surface area contributed by atoms with Crippen LogP contribution < -0.4 is 4.74 Å². The van der Waals surface area contributed by atoms with Gasteiger partial charge in [0.2, 0.25) is 0 Å². The Bertz CT molecular complexity index is 357. The minimum atomic E-state index is -1.01. The molecule has 0 aliphatic carbocycles. The lowest BCUT2D eigenvalue weighted by molar-refractivity contribution is -0.139. The van der Waals surface area contributed by atoms with Crippen molar-refractivity contribution in [2.45, 2.75) is 0 Å². The first-order chi connectivity index (χ1) is 7.22. The fourth-order valence-electron chi connectivity index (χ4n) is 1.04. The molecule has 0 saturated carbocycles. The molecule has 1 rings (SSSR count). The van der Waals surface area contributed by atoms with Gasteiger partial charge in [0.25, 0.3) is 0 Å². The van der Waals surface area contributed by atoms with Crippen molar-refractivity contribution >= 4 is 12.0 Å². The van der Waals surface area contributed by atoms with Crippen molar-refractivity contribution in [2.75, 3.05) is 13.2 Å². The zero-order valence-corrected chi connectivity index (χ0v) is 8.09. The van der Waals surface area contributed by atoms with Gasteiger partial charge in [-0.15, -0.1) is 0 Å². The van der Waals surface area contributed by atoms with Gasteiger partial charge in [-0.1, -0.05) is 24.3 Å². The van der Waals surface area contributed by atoms with E-state index in [1.807, 2.05) is 6.07 Å². The van der Waals surface area contributed by atoms with Gasteiger partial charge in [0.15, 0.2) is 6.61 Å². The average molecular weight is 208 g/mol. The van der Waals surface area contributed by atoms with Crippen LogP contribution in [-0.4, -0.2) is 29.4 Å². The molecule has 4 heteroatoms. The van der Waals surface area contributed by atoms with E-state index in [9.17, 15) is 4.79 Å². The Hall–Kier alpha value is -1.81. The van der Waals surface area contributed by atoms with Gasteiger partial charge in [-0.3, -0.25) is 0 Å². The van der Waals surface area contributed by atoms with Gasteiger partial charge in [-0.05, 0) is 17.7 Å². The van der Waals surface area contributed by atoms with Crippen molar-refractivity contribution in [3.63, 3.8) is 0 Å².